The average molecular weight is 286 g/mol. The number of hydrogen-bond acceptors (Lipinski definition) is 3. The molecule has 1 aliphatic carbocycles. The molecule has 5 heteroatoms. The summed E-state index contributed by atoms with van der Waals surface area (Å²) >= 11 is 0. The summed E-state index contributed by atoms with van der Waals surface area (Å²) in [5.74, 6) is -1.66. The van der Waals surface area contributed by atoms with Gasteiger partial charge in [-0.2, -0.15) is 5.10 Å². The molecule has 2 aromatic rings. The number of rotatable bonds is 3. The maximum atomic E-state index is 12.6. The number of fused-ring (bicyclic) bond motifs is 1. The summed E-state index contributed by atoms with van der Waals surface area (Å²) in [5.41, 5.74) is 0.364. The van der Waals surface area contributed by atoms with Crippen LogP contribution in [0.5, 0.6) is 0 Å². The summed E-state index contributed by atoms with van der Waals surface area (Å²) < 4.78 is 1.52. The molecule has 0 bridgehead atoms. The molecule has 1 aliphatic rings. The zero-order chi connectivity index (χ0) is 15.0. The van der Waals surface area contributed by atoms with Crippen LogP contribution in [0.2, 0.25) is 0 Å². The Morgan fingerprint density at radius 3 is 2.52 bits per heavy atom. The van der Waals surface area contributed by atoms with Gasteiger partial charge in [0.2, 0.25) is 0 Å². The van der Waals surface area contributed by atoms with E-state index in [0.717, 1.165) is 25.7 Å². The van der Waals surface area contributed by atoms with Gasteiger partial charge in [-0.25, -0.2) is 4.68 Å². The SMILES string of the molecule is C[C@@H](C(=O)O)c1nn(C2CCCC2)c(=O)c2ccccc12. The number of nitrogens with zero attached hydrogens (tertiary/aromatic N) is 2. The Kier molecular flexibility index (Phi) is 3.49. The number of aromatic nitrogens is 2. The van der Waals surface area contributed by atoms with E-state index in [1.54, 1.807) is 31.2 Å². The molecule has 0 unspecified atom stereocenters. The van der Waals surface area contributed by atoms with E-state index in [4.69, 9.17) is 0 Å². The second-order valence-electron chi connectivity index (χ2n) is 5.68. The van der Waals surface area contributed by atoms with Crippen LogP contribution in [0.15, 0.2) is 29.1 Å². The molecule has 0 radical (unpaired) electrons. The fraction of sp³-hybridized carbons (Fsp3) is 0.438. The third-order valence-electron chi connectivity index (χ3n) is 4.31. The van der Waals surface area contributed by atoms with E-state index in [0.29, 0.717) is 16.5 Å². The molecule has 0 spiro atoms. The molecule has 3 rings (SSSR count). The molecule has 110 valence electrons. The summed E-state index contributed by atoms with van der Waals surface area (Å²) in [5, 5.41) is 14.9. The highest BCUT2D eigenvalue weighted by Gasteiger charge is 2.25. The molecule has 21 heavy (non-hydrogen) atoms. The Morgan fingerprint density at radius 1 is 1.29 bits per heavy atom. The molecule has 1 atom stereocenters. The first-order valence-corrected chi connectivity index (χ1v) is 7.34. The summed E-state index contributed by atoms with van der Waals surface area (Å²) in [4.78, 5) is 23.9. The van der Waals surface area contributed by atoms with Gasteiger partial charge >= 0.3 is 5.97 Å². The van der Waals surface area contributed by atoms with Crippen LogP contribution < -0.4 is 5.56 Å². The van der Waals surface area contributed by atoms with E-state index in [9.17, 15) is 14.7 Å². The smallest absolute Gasteiger partial charge is 0.312 e. The lowest BCUT2D eigenvalue weighted by molar-refractivity contribution is -0.138. The predicted octanol–water partition coefficient (Wildman–Crippen LogP) is 2.70. The molecule has 0 amide bonds. The normalized spacial score (nSPS) is 17.2. The standard InChI is InChI=1S/C16H18N2O3/c1-10(16(20)21)14-12-8-4-5-9-13(12)15(19)18(17-14)11-6-2-3-7-11/h4-5,8-11H,2-3,6-7H2,1H3,(H,20,21)/t10-/m1/s1. The number of benzene rings is 1. The lowest BCUT2D eigenvalue weighted by Crippen LogP contribution is -2.29. The highest BCUT2D eigenvalue weighted by Crippen LogP contribution is 2.29. The van der Waals surface area contributed by atoms with Crippen molar-refractivity contribution < 1.29 is 9.90 Å². The summed E-state index contributed by atoms with van der Waals surface area (Å²) in [7, 11) is 0. The Bertz CT molecular complexity index is 745. The lowest BCUT2D eigenvalue weighted by atomic mass is 10.0. The lowest BCUT2D eigenvalue weighted by Gasteiger charge is -2.17. The van der Waals surface area contributed by atoms with Crippen molar-refractivity contribution in [3.05, 3.63) is 40.3 Å². The predicted molar refractivity (Wildman–Crippen MR) is 79.6 cm³/mol. The second kappa shape index (κ2) is 5.31. The summed E-state index contributed by atoms with van der Waals surface area (Å²) in [6.07, 6.45) is 4.06. The molecule has 1 heterocycles. The quantitative estimate of drug-likeness (QED) is 0.941. The van der Waals surface area contributed by atoms with Crippen LogP contribution in [0.3, 0.4) is 0 Å². The van der Waals surface area contributed by atoms with Gasteiger partial charge in [-0.1, -0.05) is 31.0 Å². The number of carboxylic acids is 1. The van der Waals surface area contributed by atoms with Gasteiger partial charge < -0.3 is 5.11 Å². The van der Waals surface area contributed by atoms with Crippen molar-refractivity contribution in [1.29, 1.82) is 0 Å². The van der Waals surface area contributed by atoms with Crippen molar-refractivity contribution in [1.82, 2.24) is 9.78 Å². The van der Waals surface area contributed by atoms with E-state index in [1.807, 2.05) is 0 Å². The molecular weight excluding hydrogens is 268 g/mol. The van der Waals surface area contributed by atoms with Crippen LogP contribution >= 0.6 is 0 Å². The van der Waals surface area contributed by atoms with Crippen LogP contribution in [-0.2, 0) is 4.79 Å². The van der Waals surface area contributed by atoms with Crippen LogP contribution in [0.25, 0.3) is 10.8 Å². The Morgan fingerprint density at radius 2 is 1.90 bits per heavy atom. The van der Waals surface area contributed by atoms with Crippen molar-refractivity contribution in [3.8, 4) is 0 Å². The first kappa shape index (κ1) is 13.8. The summed E-state index contributed by atoms with van der Waals surface area (Å²) in [6.45, 7) is 1.61. The fourth-order valence-corrected chi connectivity index (χ4v) is 3.06. The van der Waals surface area contributed by atoms with Crippen molar-refractivity contribution >= 4 is 16.7 Å². The first-order chi connectivity index (χ1) is 10.1. The minimum atomic E-state index is -0.927. The van der Waals surface area contributed by atoms with E-state index in [1.165, 1.54) is 4.68 Å². The molecule has 5 nitrogen and oxygen atoms in total. The number of aliphatic carboxylic acids is 1. The van der Waals surface area contributed by atoms with Crippen LogP contribution in [0, 0.1) is 0 Å². The Labute approximate surface area is 122 Å². The maximum absolute atomic E-state index is 12.6. The van der Waals surface area contributed by atoms with Crippen LogP contribution in [-0.4, -0.2) is 20.9 Å². The van der Waals surface area contributed by atoms with Gasteiger partial charge in [0.05, 0.1) is 23.0 Å². The molecule has 1 aromatic carbocycles. The highest BCUT2D eigenvalue weighted by atomic mass is 16.4. The largest absolute Gasteiger partial charge is 0.481 e. The van der Waals surface area contributed by atoms with E-state index >= 15 is 0 Å². The number of hydrogen-bond donors (Lipinski definition) is 1. The Balaban J connectivity index is 2.27. The number of carbonyl (C=O) groups is 1. The third kappa shape index (κ3) is 2.33. The van der Waals surface area contributed by atoms with E-state index in [2.05, 4.69) is 5.10 Å². The van der Waals surface area contributed by atoms with Crippen molar-refractivity contribution in [3.63, 3.8) is 0 Å². The zero-order valence-electron chi connectivity index (χ0n) is 12.0. The zero-order valence-corrected chi connectivity index (χ0v) is 12.0. The van der Waals surface area contributed by atoms with Gasteiger partial charge in [0, 0.05) is 5.39 Å². The molecule has 1 aromatic heterocycles. The average Bonchev–Trinajstić information content (AvgIpc) is 3.01. The Hall–Kier alpha value is -2.17. The van der Waals surface area contributed by atoms with Gasteiger partial charge in [0.15, 0.2) is 0 Å². The molecule has 1 N–H and O–H groups in total. The van der Waals surface area contributed by atoms with E-state index < -0.39 is 11.9 Å². The minimum Gasteiger partial charge on any atom is -0.481 e. The molecule has 1 saturated carbocycles. The number of carboxylic acid groups (broad SMARTS) is 1. The maximum Gasteiger partial charge on any atom is 0.312 e. The third-order valence-corrected chi connectivity index (χ3v) is 4.31. The highest BCUT2D eigenvalue weighted by molar-refractivity contribution is 5.88. The fourth-order valence-electron chi connectivity index (χ4n) is 3.06. The van der Waals surface area contributed by atoms with Crippen molar-refractivity contribution in [2.45, 2.75) is 44.6 Å². The van der Waals surface area contributed by atoms with Gasteiger partial charge in [-0.3, -0.25) is 9.59 Å². The second-order valence-corrected chi connectivity index (χ2v) is 5.68. The summed E-state index contributed by atoms with van der Waals surface area (Å²) in [6, 6.07) is 7.24. The van der Waals surface area contributed by atoms with Crippen LogP contribution in [0.1, 0.15) is 50.3 Å². The topological polar surface area (TPSA) is 72.2 Å². The van der Waals surface area contributed by atoms with Crippen molar-refractivity contribution in [2.75, 3.05) is 0 Å². The minimum absolute atomic E-state index is 0.0989. The van der Waals surface area contributed by atoms with Gasteiger partial charge in [-0.15, -0.1) is 0 Å². The van der Waals surface area contributed by atoms with Gasteiger partial charge in [0.25, 0.3) is 5.56 Å². The molecule has 0 saturated heterocycles. The monoisotopic (exact) mass is 286 g/mol. The molecule has 0 aliphatic heterocycles. The molecule has 1 fully saturated rings. The van der Waals surface area contributed by atoms with Crippen molar-refractivity contribution in [2.24, 2.45) is 0 Å². The molecular formula is C16H18N2O3. The van der Waals surface area contributed by atoms with Gasteiger partial charge in [-0.05, 0) is 25.8 Å². The first-order valence-electron chi connectivity index (χ1n) is 7.34. The van der Waals surface area contributed by atoms with Crippen LogP contribution in [0.4, 0.5) is 0 Å². The van der Waals surface area contributed by atoms with Gasteiger partial charge in [0.1, 0.15) is 0 Å². The van der Waals surface area contributed by atoms with E-state index in [-0.39, 0.29) is 11.6 Å².